The molecule has 2 rings (SSSR count). The van der Waals surface area contributed by atoms with E-state index >= 15 is 0 Å². The number of nitrogens with zero attached hydrogens (tertiary/aromatic N) is 2. The van der Waals surface area contributed by atoms with Gasteiger partial charge in [0.25, 0.3) is 10.0 Å². The van der Waals surface area contributed by atoms with Crippen LogP contribution in [0.1, 0.15) is 50.7 Å². The monoisotopic (exact) mass is 410 g/mol. The van der Waals surface area contributed by atoms with E-state index in [1.165, 1.54) is 31.4 Å². The average molecular weight is 410 g/mol. The number of hydrogen-bond acceptors (Lipinski definition) is 6. The van der Waals surface area contributed by atoms with Crippen LogP contribution in [0.3, 0.4) is 0 Å². The summed E-state index contributed by atoms with van der Waals surface area (Å²) in [6, 6.07) is 4.16. The van der Waals surface area contributed by atoms with Crippen molar-refractivity contribution in [2.24, 2.45) is 0 Å². The largest absolute Gasteiger partial charge is 0.480 e. The lowest BCUT2D eigenvalue weighted by Crippen LogP contribution is -2.35. The Labute approximate surface area is 163 Å². The maximum atomic E-state index is 14.0. The lowest BCUT2D eigenvalue weighted by molar-refractivity contribution is 0.256. The second-order valence-corrected chi connectivity index (χ2v) is 8.37. The molecule has 0 aliphatic heterocycles. The molecule has 0 aliphatic carbocycles. The fourth-order valence-corrected chi connectivity index (χ4v) is 3.37. The van der Waals surface area contributed by atoms with Crippen LogP contribution in [0.2, 0.25) is 0 Å². The average Bonchev–Trinajstić information content (AvgIpc) is 2.62. The quantitative estimate of drug-likeness (QED) is 0.755. The lowest BCUT2D eigenvalue weighted by atomic mass is 9.92. The van der Waals surface area contributed by atoms with Crippen LogP contribution < -0.4 is 14.8 Å². The van der Waals surface area contributed by atoms with Crippen molar-refractivity contribution in [1.82, 2.24) is 14.9 Å². The van der Waals surface area contributed by atoms with Crippen LogP contribution in [0.15, 0.2) is 29.3 Å². The molecule has 152 valence electrons. The Bertz CT molecular complexity index is 931. The van der Waals surface area contributed by atoms with Crippen LogP contribution in [-0.2, 0) is 10.0 Å². The highest BCUT2D eigenvalue weighted by molar-refractivity contribution is 7.90. The molecule has 0 fully saturated rings. The maximum Gasteiger partial charge on any atom is 0.333 e. The van der Waals surface area contributed by atoms with Gasteiger partial charge in [0.1, 0.15) is 5.82 Å². The van der Waals surface area contributed by atoms with Crippen LogP contribution >= 0.6 is 0 Å². The third kappa shape index (κ3) is 4.94. The Hall–Kier alpha value is -2.75. The zero-order valence-corrected chi connectivity index (χ0v) is 17.1. The first-order valence-corrected chi connectivity index (χ1v) is 10.1. The number of carbonyl (C=O) groups is 1. The number of ether oxygens (including phenoxy) is 1. The molecule has 1 aromatic heterocycles. The summed E-state index contributed by atoms with van der Waals surface area (Å²) < 4.78 is 45.4. The number of aromatic nitrogens is 2. The minimum Gasteiger partial charge on any atom is -0.480 e. The molecule has 0 saturated heterocycles. The first kappa shape index (κ1) is 21.5. The molecule has 0 unspecified atom stereocenters. The number of rotatable bonds is 6. The van der Waals surface area contributed by atoms with Crippen LogP contribution in [-0.4, -0.2) is 31.8 Å². The van der Waals surface area contributed by atoms with E-state index in [0.717, 1.165) is 0 Å². The molecule has 1 aromatic carbocycles. The van der Waals surface area contributed by atoms with Crippen LogP contribution in [0.4, 0.5) is 14.9 Å². The second kappa shape index (κ2) is 8.51. The van der Waals surface area contributed by atoms with Gasteiger partial charge in [-0.2, -0.15) is 8.42 Å². The molecule has 2 aromatic rings. The van der Waals surface area contributed by atoms with E-state index in [0.29, 0.717) is 16.8 Å². The first-order chi connectivity index (χ1) is 13.0. The van der Waals surface area contributed by atoms with Crippen LogP contribution in [0.25, 0.3) is 0 Å². The number of anilines is 1. The minimum atomic E-state index is -4.24. The first-order valence-electron chi connectivity index (χ1n) is 8.60. The lowest BCUT2D eigenvalue weighted by Gasteiger charge is -2.20. The van der Waals surface area contributed by atoms with Gasteiger partial charge >= 0.3 is 6.03 Å². The summed E-state index contributed by atoms with van der Waals surface area (Å²) >= 11 is 0. The Morgan fingerprint density at radius 3 is 2.07 bits per heavy atom. The van der Waals surface area contributed by atoms with Crippen molar-refractivity contribution in [3.63, 3.8) is 0 Å². The van der Waals surface area contributed by atoms with E-state index < -0.39 is 26.9 Å². The third-order valence-electron chi connectivity index (χ3n) is 3.97. The van der Waals surface area contributed by atoms with Gasteiger partial charge in [0.15, 0.2) is 5.03 Å². The molecule has 8 nitrogen and oxygen atoms in total. The fourth-order valence-electron chi connectivity index (χ4n) is 2.58. The zero-order valence-electron chi connectivity index (χ0n) is 16.3. The summed E-state index contributed by atoms with van der Waals surface area (Å²) in [5.41, 5.74) is 1.53. The number of nitrogens with one attached hydrogen (secondary N) is 2. The predicted octanol–water partition coefficient (Wildman–Crippen LogP) is 3.38. The van der Waals surface area contributed by atoms with Gasteiger partial charge in [-0.05, 0) is 41.2 Å². The standard InChI is InChI=1S/C18H23FN4O4S/c1-10(2)13-8-12(19)9-14(11(3)4)17(13)20-18(24)23-28(25,26)16-7-6-15(27-5)21-22-16/h6-11H,1-5H3,(H2,20,23,24). The van der Waals surface area contributed by atoms with Crippen molar-refractivity contribution in [3.05, 3.63) is 41.2 Å². The molecule has 0 saturated carbocycles. The number of methoxy groups -OCH3 is 1. The van der Waals surface area contributed by atoms with E-state index in [2.05, 4.69) is 15.5 Å². The highest BCUT2D eigenvalue weighted by Gasteiger charge is 2.23. The minimum absolute atomic E-state index is 0.0902. The number of benzene rings is 1. The molecule has 10 heteroatoms. The predicted molar refractivity (Wildman–Crippen MR) is 103 cm³/mol. The molecular formula is C18H23FN4O4S. The Balaban J connectivity index is 2.31. The fraction of sp³-hybridized carbons (Fsp3) is 0.389. The molecule has 0 radical (unpaired) electrons. The number of carbonyl (C=O) groups excluding carboxylic acids is 1. The second-order valence-electron chi connectivity index (χ2n) is 6.74. The topological polar surface area (TPSA) is 110 Å². The smallest absolute Gasteiger partial charge is 0.333 e. The van der Waals surface area contributed by atoms with E-state index in [1.807, 2.05) is 32.4 Å². The zero-order chi connectivity index (χ0) is 21.1. The van der Waals surface area contributed by atoms with Gasteiger partial charge < -0.3 is 10.1 Å². The SMILES string of the molecule is COc1ccc(S(=O)(=O)NC(=O)Nc2c(C(C)C)cc(F)cc2C(C)C)nn1. The highest BCUT2D eigenvalue weighted by atomic mass is 32.2. The van der Waals surface area contributed by atoms with Crippen molar-refractivity contribution in [2.75, 3.05) is 12.4 Å². The van der Waals surface area contributed by atoms with Crippen molar-refractivity contribution in [3.8, 4) is 5.88 Å². The number of sulfonamides is 1. The summed E-state index contributed by atoms with van der Waals surface area (Å²) in [5.74, 6) is -0.461. The summed E-state index contributed by atoms with van der Waals surface area (Å²) in [4.78, 5) is 12.4. The van der Waals surface area contributed by atoms with Gasteiger partial charge in [0, 0.05) is 11.8 Å². The molecule has 28 heavy (non-hydrogen) atoms. The highest BCUT2D eigenvalue weighted by Crippen LogP contribution is 2.33. The Kier molecular flexibility index (Phi) is 6.55. The molecule has 0 spiro atoms. The molecular weight excluding hydrogens is 387 g/mol. The van der Waals surface area contributed by atoms with E-state index in [1.54, 1.807) is 0 Å². The number of hydrogen-bond donors (Lipinski definition) is 2. The van der Waals surface area contributed by atoms with Crippen molar-refractivity contribution >= 4 is 21.7 Å². The summed E-state index contributed by atoms with van der Waals surface area (Å²) in [5, 5.41) is 9.22. The Morgan fingerprint density at radius 2 is 1.64 bits per heavy atom. The maximum absolute atomic E-state index is 14.0. The van der Waals surface area contributed by atoms with Gasteiger partial charge in [-0.25, -0.2) is 13.9 Å². The van der Waals surface area contributed by atoms with Crippen LogP contribution in [0, 0.1) is 5.82 Å². The van der Waals surface area contributed by atoms with E-state index in [4.69, 9.17) is 4.74 Å². The van der Waals surface area contributed by atoms with Gasteiger partial charge in [0.05, 0.1) is 7.11 Å². The molecule has 2 amide bonds. The molecule has 1 heterocycles. The number of urea groups is 1. The van der Waals surface area contributed by atoms with E-state index in [9.17, 15) is 17.6 Å². The molecule has 0 bridgehead atoms. The summed E-state index contributed by atoms with van der Waals surface area (Å²) in [7, 11) is -2.88. The van der Waals surface area contributed by atoms with Crippen molar-refractivity contribution < 1.29 is 22.3 Å². The van der Waals surface area contributed by atoms with Crippen molar-refractivity contribution in [2.45, 2.75) is 44.6 Å². The van der Waals surface area contributed by atoms with Gasteiger partial charge in [0.2, 0.25) is 5.88 Å². The van der Waals surface area contributed by atoms with Gasteiger partial charge in [-0.1, -0.05) is 27.7 Å². The number of halogens is 1. The van der Waals surface area contributed by atoms with Gasteiger partial charge in [-0.3, -0.25) is 0 Å². The third-order valence-corrected chi connectivity index (χ3v) is 5.20. The molecule has 2 N–H and O–H groups in total. The van der Waals surface area contributed by atoms with Crippen molar-refractivity contribution in [1.29, 1.82) is 0 Å². The van der Waals surface area contributed by atoms with E-state index in [-0.39, 0.29) is 17.7 Å². The Morgan fingerprint density at radius 1 is 1.07 bits per heavy atom. The molecule has 0 aliphatic rings. The molecule has 0 atom stereocenters. The normalized spacial score (nSPS) is 11.6. The summed E-state index contributed by atoms with van der Waals surface area (Å²) in [6.45, 7) is 7.41. The summed E-state index contributed by atoms with van der Waals surface area (Å²) in [6.07, 6.45) is 0. The van der Waals surface area contributed by atoms with Crippen LogP contribution in [0.5, 0.6) is 5.88 Å². The van der Waals surface area contributed by atoms with Gasteiger partial charge in [-0.15, -0.1) is 10.2 Å². The number of amides is 2.